The number of hydrogen-bond donors (Lipinski definition) is 2. The minimum Gasteiger partial charge on any atom is -0.481 e. The van der Waals surface area contributed by atoms with Crippen molar-refractivity contribution in [3.63, 3.8) is 0 Å². The third-order valence-corrected chi connectivity index (χ3v) is 11.2. The van der Waals surface area contributed by atoms with E-state index >= 15 is 0 Å². The van der Waals surface area contributed by atoms with Gasteiger partial charge in [0.05, 0.1) is 6.10 Å². The lowest BCUT2D eigenvalue weighted by molar-refractivity contribution is -0.207. The van der Waals surface area contributed by atoms with Gasteiger partial charge in [0.15, 0.2) is 0 Å². The maximum atomic E-state index is 12.4. The van der Waals surface area contributed by atoms with E-state index in [9.17, 15) is 32.5 Å². The Labute approximate surface area is 213 Å². The fraction of sp³-hybridized carbons (Fsp3) is 0.885. The summed E-state index contributed by atoms with van der Waals surface area (Å²) in [4.78, 5) is 35.8. The average Bonchev–Trinajstić information content (AvgIpc) is 3.10. The molecule has 204 valence electrons. The third-order valence-electron chi connectivity index (χ3n) is 10.7. The summed E-state index contributed by atoms with van der Waals surface area (Å²) in [6.07, 6.45) is 3.48. The standard InChI is InChI=1S/C26H40O9S/c1-14(5-8-23(29)30)18-6-7-19-24-20(13-22(26(18,19)4)35-36(31,32)33)25(3)10-9-17(28)11-16(25)12-21(24)34-15(2)27/h14,16,18-22,24H,5-13H2,1-4H3,(H,29,30)(H,31,32,33)/t14-,16+,18-,19+,20+,21-,22+,24+,25+,26-/m1/s1. The van der Waals surface area contributed by atoms with Crippen LogP contribution in [0.5, 0.6) is 0 Å². The molecule has 36 heavy (non-hydrogen) atoms. The van der Waals surface area contributed by atoms with Crippen molar-refractivity contribution in [1.82, 2.24) is 0 Å². The van der Waals surface area contributed by atoms with Crippen LogP contribution >= 0.6 is 0 Å². The van der Waals surface area contributed by atoms with Crippen LogP contribution in [0.2, 0.25) is 0 Å². The van der Waals surface area contributed by atoms with E-state index in [1.54, 1.807) is 0 Å². The number of ketones is 1. The highest BCUT2D eigenvalue weighted by atomic mass is 32.3. The minimum absolute atomic E-state index is 0.00607. The first-order valence-corrected chi connectivity index (χ1v) is 14.6. The molecule has 4 fully saturated rings. The van der Waals surface area contributed by atoms with Crippen LogP contribution in [0, 0.1) is 46.3 Å². The monoisotopic (exact) mass is 528 g/mol. The Morgan fingerprint density at radius 1 is 1.17 bits per heavy atom. The Morgan fingerprint density at radius 2 is 1.86 bits per heavy atom. The number of carbonyl (C=O) groups excluding carboxylic acids is 2. The zero-order valence-electron chi connectivity index (χ0n) is 21.6. The quantitative estimate of drug-likeness (QED) is 0.369. The van der Waals surface area contributed by atoms with Gasteiger partial charge in [-0.1, -0.05) is 20.8 Å². The van der Waals surface area contributed by atoms with Gasteiger partial charge in [0, 0.05) is 37.5 Å². The van der Waals surface area contributed by atoms with Crippen molar-refractivity contribution in [2.75, 3.05) is 0 Å². The van der Waals surface area contributed by atoms with Gasteiger partial charge in [0.1, 0.15) is 11.9 Å². The van der Waals surface area contributed by atoms with Crippen LogP contribution in [0.25, 0.3) is 0 Å². The molecule has 10 heteroatoms. The van der Waals surface area contributed by atoms with Crippen molar-refractivity contribution in [2.24, 2.45) is 46.3 Å². The molecular weight excluding hydrogens is 488 g/mol. The maximum Gasteiger partial charge on any atom is 0.397 e. The summed E-state index contributed by atoms with van der Waals surface area (Å²) in [6, 6.07) is 0. The minimum atomic E-state index is -4.74. The van der Waals surface area contributed by atoms with Gasteiger partial charge >= 0.3 is 22.3 Å². The SMILES string of the molecule is CC(=O)O[C@@H]1C[C@@H]2CC(=O)CC[C@]2(C)[C@H]2C[C@H](OS(=O)(=O)O)[C@]3(C)[C@@H]([C@H](C)CCC(=O)O)CC[C@H]3[C@H]12. The van der Waals surface area contributed by atoms with Crippen LogP contribution in [0.4, 0.5) is 0 Å². The Morgan fingerprint density at radius 3 is 2.47 bits per heavy atom. The molecule has 0 aromatic rings. The van der Waals surface area contributed by atoms with Gasteiger partial charge in [-0.05, 0) is 73.5 Å². The lowest BCUT2D eigenvalue weighted by Crippen LogP contribution is -2.63. The molecule has 0 radical (unpaired) electrons. The highest BCUT2D eigenvalue weighted by molar-refractivity contribution is 7.80. The molecule has 10 atom stereocenters. The maximum absolute atomic E-state index is 12.4. The molecule has 0 bridgehead atoms. The van der Waals surface area contributed by atoms with Gasteiger partial charge in [-0.25, -0.2) is 4.18 Å². The summed E-state index contributed by atoms with van der Waals surface area (Å²) in [5.74, 6) is -1.09. The molecule has 0 spiro atoms. The van der Waals surface area contributed by atoms with Crippen molar-refractivity contribution in [1.29, 1.82) is 0 Å². The number of hydrogen-bond acceptors (Lipinski definition) is 7. The molecule has 0 unspecified atom stereocenters. The summed E-state index contributed by atoms with van der Waals surface area (Å²) in [6.45, 7) is 7.60. The van der Waals surface area contributed by atoms with Crippen LogP contribution in [-0.4, -0.2) is 48.0 Å². The molecule has 0 aromatic carbocycles. The van der Waals surface area contributed by atoms with E-state index in [0.717, 1.165) is 12.8 Å². The highest BCUT2D eigenvalue weighted by Gasteiger charge is 2.67. The molecule has 4 rings (SSSR count). The fourth-order valence-electron chi connectivity index (χ4n) is 9.07. The number of Topliss-reactive ketones (excluding diaryl/α,β-unsaturated/α-hetero) is 1. The summed E-state index contributed by atoms with van der Waals surface area (Å²) in [7, 11) is -4.74. The summed E-state index contributed by atoms with van der Waals surface area (Å²) in [5.41, 5.74) is -0.884. The van der Waals surface area contributed by atoms with E-state index in [1.807, 2.05) is 13.8 Å². The first-order valence-electron chi connectivity index (χ1n) is 13.2. The molecule has 0 aromatic heterocycles. The van der Waals surface area contributed by atoms with Crippen molar-refractivity contribution < 1.29 is 41.4 Å². The Balaban J connectivity index is 1.77. The van der Waals surface area contributed by atoms with Crippen molar-refractivity contribution in [3.8, 4) is 0 Å². The number of carboxylic acid groups (broad SMARTS) is 1. The van der Waals surface area contributed by atoms with Crippen molar-refractivity contribution >= 4 is 28.1 Å². The number of esters is 1. The van der Waals surface area contributed by atoms with E-state index in [1.165, 1.54) is 6.92 Å². The van der Waals surface area contributed by atoms with Gasteiger partial charge in [0.25, 0.3) is 0 Å². The van der Waals surface area contributed by atoms with Crippen LogP contribution in [0.3, 0.4) is 0 Å². The molecule has 0 amide bonds. The molecule has 4 aliphatic rings. The summed E-state index contributed by atoms with van der Waals surface area (Å²) >= 11 is 0. The Hall–Kier alpha value is -1.52. The van der Waals surface area contributed by atoms with Crippen LogP contribution in [0.15, 0.2) is 0 Å². The molecule has 4 saturated carbocycles. The summed E-state index contributed by atoms with van der Waals surface area (Å²) < 4.78 is 45.2. The molecular formula is C26H40O9S. The fourth-order valence-corrected chi connectivity index (χ4v) is 9.65. The third kappa shape index (κ3) is 4.85. The lowest BCUT2D eigenvalue weighted by atomic mass is 9.43. The van der Waals surface area contributed by atoms with Gasteiger partial charge in [-0.3, -0.25) is 18.9 Å². The lowest BCUT2D eigenvalue weighted by Gasteiger charge is -2.63. The van der Waals surface area contributed by atoms with E-state index in [2.05, 4.69) is 6.92 Å². The zero-order chi connectivity index (χ0) is 26.6. The topological polar surface area (TPSA) is 144 Å². The Bertz CT molecular complexity index is 1010. The second kappa shape index (κ2) is 9.66. The molecule has 0 heterocycles. The second-order valence-corrected chi connectivity index (χ2v) is 13.4. The van der Waals surface area contributed by atoms with Crippen molar-refractivity contribution in [2.45, 2.75) is 97.7 Å². The number of rotatable bonds is 7. The van der Waals surface area contributed by atoms with Crippen molar-refractivity contribution in [3.05, 3.63) is 0 Å². The van der Waals surface area contributed by atoms with E-state index in [4.69, 9.17) is 8.92 Å². The van der Waals surface area contributed by atoms with Crippen LogP contribution in [-0.2, 0) is 33.7 Å². The number of carbonyl (C=O) groups is 3. The smallest absolute Gasteiger partial charge is 0.397 e. The highest BCUT2D eigenvalue weighted by Crippen LogP contribution is 2.69. The molecule has 4 aliphatic carbocycles. The van der Waals surface area contributed by atoms with Gasteiger partial charge < -0.3 is 9.84 Å². The largest absolute Gasteiger partial charge is 0.481 e. The number of aliphatic carboxylic acids is 1. The van der Waals surface area contributed by atoms with E-state index in [-0.39, 0.29) is 65.2 Å². The molecule has 9 nitrogen and oxygen atoms in total. The molecule has 2 N–H and O–H groups in total. The predicted molar refractivity (Wildman–Crippen MR) is 129 cm³/mol. The normalized spacial score (nSPS) is 43.1. The zero-order valence-corrected chi connectivity index (χ0v) is 22.5. The van der Waals surface area contributed by atoms with E-state index < -0.39 is 27.9 Å². The number of ether oxygens (including phenoxy) is 1. The van der Waals surface area contributed by atoms with Gasteiger partial charge in [-0.15, -0.1) is 0 Å². The first-order chi connectivity index (χ1) is 16.7. The number of fused-ring (bicyclic) bond motifs is 5. The van der Waals surface area contributed by atoms with Gasteiger partial charge in [0.2, 0.25) is 0 Å². The first kappa shape index (κ1) is 27.5. The Kier molecular flexibility index (Phi) is 7.38. The van der Waals surface area contributed by atoms with Crippen LogP contribution < -0.4 is 0 Å². The second-order valence-electron chi connectivity index (χ2n) is 12.3. The summed E-state index contributed by atoms with van der Waals surface area (Å²) in [5, 5.41) is 9.23. The predicted octanol–water partition coefficient (Wildman–Crippen LogP) is 4.05. The average molecular weight is 529 g/mol. The molecule has 0 saturated heterocycles. The van der Waals surface area contributed by atoms with Gasteiger partial charge in [-0.2, -0.15) is 8.42 Å². The van der Waals surface area contributed by atoms with Crippen LogP contribution in [0.1, 0.15) is 85.5 Å². The number of carboxylic acids is 1. The molecule has 0 aliphatic heterocycles. The van der Waals surface area contributed by atoms with E-state index in [0.29, 0.717) is 38.5 Å².